The Hall–Kier alpha value is -1.03. The Bertz CT molecular complexity index is 333. The van der Waals surface area contributed by atoms with Crippen molar-refractivity contribution in [1.29, 1.82) is 0 Å². The second kappa shape index (κ2) is 6.05. The molecule has 17 heavy (non-hydrogen) atoms. The van der Waals surface area contributed by atoms with E-state index in [9.17, 15) is 0 Å². The topological polar surface area (TPSA) is 39.1 Å². The molecule has 0 saturated heterocycles. The van der Waals surface area contributed by atoms with Crippen LogP contribution in [-0.4, -0.2) is 29.8 Å². The normalized spacial score (nSPS) is 17.1. The molecule has 0 amide bonds. The molecule has 1 saturated carbocycles. The number of imidazole rings is 1. The number of anilines is 1. The van der Waals surface area contributed by atoms with Gasteiger partial charge in [0, 0.05) is 39.2 Å². The number of aromatic nitrogens is 2. The van der Waals surface area contributed by atoms with Crippen LogP contribution in [0.3, 0.4) is 0 Å². The van der Waals surface area contributed by atoms with E-state index in [-0.39, 0.29) is 0 Å². The van der Waals surface area contributed by atoms with E-state index >= 15 is 0 Å². The Morgan fingerprint density at radius 1 is 1.59 bits per heavy atom. The highest BCUT2D eigenvalue weighted by Gasteiger charge is 2.27. The molecule has 1 aromatic heterocycles. The molecule has 96 valence electrons. The molecule has 1 aliphatic carbocycles. The zero-order chi connectivity index (χ0) is 12.1. The lowest BCUT2D eigenvalue weighted by Gasteiger charge is -2.13. The highest BCUT2D eigenvalue weighted by molar-refractivity contribution is 5.25. The van der Waals surface area contributed by atoms with Gasteiger partial charge in [0.05, 0.1) is 0 Å². The fourth-order valence-corrected chi connectivity index (χ4v) is 2.12. The van der Waals surface area contributed by atoms with Crippen LogP contribution in [0.5, 0.6) is 0 Å². The average molecular weight is 237 g/mol. The predicted molar refractivity (Wildman–Crippen MR) is 69.1 cm³/mol. The molecule has 4 nitrogen and oxygen atoms in total. The van der Waals surface area contributed by atoms with Gasteiger partial charge in [-0.25, -0.2) is 4.98 Å². The number of aryl methyl sites for hydroxylation is 1. The smallest absolute Gasteiger partial charge is 0.202 e. The standard InChI is InChI=1S/C13H23N3O/c1-11(12-4-5-12)10-15-13-14-6-8-16(13)7-3-9-17-2/h6,8,11-12H,3-5,7,9-10H2,1-2H3,(H,14,15). The highest BCUT2D eigenvalue weighted by Crippen LogP contribution is 2.36. The summed E-state index contributed by atoms with van der Waals surface area (Å²) in [6, 6.07) is 0. The molecule has 1 unspecified atom stereocenters. The van der Waals surface area contributed by atoms with E-state index < -0.39 is 0 Å². The number of nitrogens with zero attached hydrogens (tertiary/aromatic N) is 2. The van der Waals surface area contributed by atoms with E-state index in [1.54, 1.807) is 7.11 Å². The summed E-state index contributed by atoms with van der Waals surface area (Å²) in [6.07, 6.45) is 7.73. The molecule has 4 heteroatoms. The molecule has 1 atom stereocenters. The number of rotatable bonds is 8. The van der Waals surface area contributed by atoms with E-state index in [2.05, 4.69) is 21.8 Å². The molecule has 2 rings (SSSR count). The molecule has 0 aliphatic heterocycles. The van der Waals surface area contributed by atoms with Gasteiger partial charge in [-0.15, -0.1) is 0 Å². The van der Waals surface area contributed by atoms with E-state index in [4.69, 9.17) is 4.74 Å². The van der Waals surface area contributed by atoms with E-state index in [1.165, 1.54) is 12.8 Å². The summed E-state index contributed by atoms with van der Waals surface area (Å²) in [7, 11) is 1.74. The average Bonchev–Trinajstić information content (AvgIpc) is 3.09. The van der Waals surface area contributed by atoms with Crippen molar-refractivity contribution in [3.8, 4) is 0 Å². The SMILES string of the molecule is COCCCn1ccnc1NCC(C)C1CC1. The minimum absolute atomic E-state index is 0.763. The van der Waals surface area contributed by atoms with Crippen molar-refractivity contribution < 1.29 is 4.74 Å². The Labute approximate surface area is 103 Å². The van der Waals surface area contributed by atoms with Crippen molar-refractivity contribution in [2.24, 2.45) is 11.8 Å². The monoisotopic (exact) mass is 237 g/mol. The van der Waals surface area contributed by atoms with Crippen molar-refractivity contribution in [2.75, 3.05) is 25.6 Å². The maximum absolute atomic E-state index is 5.06. The molecule has 1 aromatic rings. The molecule has 1 N–H and O–H groups in total. The van der Waals surface area contributed by atoms with Gasteiger partial charge >= 0.3 is 0 Å². The van der Waals surface area contributed by atoms with Crippen molar-refractivity contribution in [1.82, 2.24) is 9.55 Å². The minimum Gasteiger partial charge on any atom is -0.385 e. The molecule has 1 aliphatic rings. The van der Waals surface area contributed by atoms with Crippen LogP contribution in [0.2, 0.25) is 0 Å². The first-order chi connectivity index (χ1) is 8.31. The summed E-state index contributed by atoms with van der Waals surface area (Å²) in [5.74, 6) is 2.70. The van der Waals surface area contributed by atoms with Crippen LogP contribution in [0.25, 0.3) is 0 Å². The zero-order valence-corrected chi connectivity index (χ0v) is 10.9. The van der Waals surface area contributed by atoms with Crippen LogP contribution in [-0.2, 0) is 11.3 Å². The summed E-state index contributed by atoms with van der Waals surface area (Å²) >= 11 is 0. The van der Waals surface area contributed by atoms with E-state index in [0.717, 1.165) is 43.9 Å². The third kappa shape index (κ3) is 3.73. The fraction of sp³-hybridized carbons (Fsp3) is 0.769. The van der Waals surface area contributed by atoms with Gasteiger partial charge in [-0.05, 0) is 31.1 Å². The lowest BCUT2D eigenvalue weighted by Crippen LogP contribution is -2.16. The van der Waals surface area contributed by atoms with E-state index in [1.807, 2.05) is 12.4 Å². The Morgan fingerprint density at radius 2 is 2.41 bits per heavy atom. The van der Waals surface area contributed by atoms with Gasteiger partial charge in [-0.2, -0.15) is 0 Å². The van der Waals surface area contributed by atoms with Gasteiger partial charge in [0.15, 0.2) is 0 Å². The maximum atomic E-state index is 5.06. The number of ether oxygens (including phenoxy) is 1. The maximum Gasteiger partial charge on any atom is 0.202 e. The molecule has 0 aromatic carbocycles. The Kier molecular flexibility index (Phi) is 4.42. The number of methoxy groups -OCH3 is 1. The number of nitrogens with one attached hydrogen (secondary N) is 1. The summed E-state index contributed by atoms with van der Waals surface area (Å²) in [6.45, 7) is 5.12. The van der Waals surface area contributed by atoms with Gasteiger partial charge in [-0.3, -0.25) is 0 Å². The first-order valence-corrected chi connectivity index (χ1v) is 6.55. The molecule has 1 fully saturated rings. The number of hydrogen-bond acceptors (Lipinski definition) is 3. The van der Waals surface area contributed by atoms with Crippen LogP contribution in [0.15, 0.2) is 12.4 Å². The third-order valence-electron chi connectivity index (χ3n) is 3.47. The summed E-state index contributed by atoms with van der Waals surface area (Å²) in [5.41, 5.74) is 0. The summed E-state index contributed by atoms with van der Waals surface area (Å²) in [4.78, 5) is 4.36. The predicted octanol–water partition coefficient (Wildman–Crippen LogP) is 2.38. The van der Waals surface area contributed by atoms with Crippen molar-refractivity contribution >= 4 is 5.95 Å². The minimum atomic E-state index is 0.763. The highest BCUT2D eigenvalue weighted by atomic mass is 16.5. The van der Waals surface area contributed by atoms with Crippen LogP contribution in [0, 0.1) is 11.8 Å². The lowest BCUT2D eigenvalue weighted by atomic mass is 10.1. The van der Waals surface area contributed by atoms with Crippen LogP contribution in [0.4, 0.5) is 5.95 Å². The second-order valence-corrected chi connectivity index (χ2v) is 4.99. The molecule has 0 bridgehead atoms. The van der Waals surface area contributed by atoms with Gasteiger partial charge in [-0.1, -0.05) is 6.92 Å². The van der Waals surface area contributed by atoms with Gasteiger partial charge < -0.3 is 14.6 Å². The van der Waals surface area contributed by atoms with Gasteiger partial charge in [0.25, 0.3) is 0 Å². The van der Waals surface area contributed by atoms with Crippen molar-refractivity contribution in [3.05, 3.63) is 12.4 Å². The van der Waals surface area contributed by atoms with Crippen molar-refractivity contribution in [2.45, 2.75) is 32.7 Å². The quantitative estimate of drug-likeness (QED) is 0.706. The van der Waals surface area contributed by atoms with Crippen LogP contribution < -0.4 is 5.32 Å². The Balaban J connectivity index is 1.76. The second-order valence-electron chi connectivity index (χ2n) is 4.99. The summed E-state index contributed by atoms with van der Waals surface area (Å²) in [5, 5.41) is 3.45. The summed E-state index contributed by atoms with van der Waals surface area (Å²) < 4.78 is 7.23. The van der Waals surface area contributed by atoms with Crippen LogP contribution >= 0.6 is 0 Å². The molecule has 0 radical (unpaired) electrons. The molecule has 1 heterocycles. The molecule has 0 spiro atoms. The van der Waals surface area contributed by atoms with Gasteiger partial charge in [0.2, 0.25) is 5.95 Å². The van der Waals surface area contributed by atoms with E-state index in [0.29, 0.717) is 0 Å². The Morgan fingerprint density at radius 3 is 3.12 bits per heavy atom. The first kappa shape index (κ1) is 12.4. The molecular weight excluding hydrogens is 214 g/mol. The zero-order valence-electron chi connectivity index (χ0n) is 10.9. The first-order valence-electron chi connectivity index (χ1n) is 6.55. The lowest BCUT2D eigenvalue weighted by molar-refractivity contribution is 0.190. The van der Waals surface area contributed by atoms with Gasteiger partial charge in [0.1, 0.15) is 0 Å². The van der Waals surface area contributed by atoms with Crippen LogP contribution in [0.1, 0.15) is 26.2 Å². The number of hydrogen-bond donors (Lipinski definition) is 1. The van der Waals surface area contributed by atoms with Crippen molar-refractivity contribution in [3.63, 3.8) is 0 Å². The third-order valence-corrected chi connectivity index (χ3v) is 3.47. The molecular formula is C13H23N3O. The largest absolute Gasteiger partial charge is 0.385 e. The fourth-order valence-electron chi connectivity index (χ4n) is 2.12.